The Morgan fingerprint density at radius 2 is 1.78 bits per heavy atom. The Morgan fingerprint density at radius 3 is 2.57 bits per heavy atom. The van der Waals surface area contributed by atoms with Crippen LogP contribution in [0.25, 0.3) is 17.0 Å². The fraction of sp³-hybridized carbons (Fsp3) is 0.0714. The van der Waals surface area contributed by atoms with E-state index in [9.17, 15) is 18.8 Å². The Morgan fingerprint density at radius 1 is 1.03 bits per heavy atom. The normalized spacial score (nSPS) is 15.6. The number of thioether (sulfide) groups is 1. The number of amides is 2. The van der Waals surface area contributed by atoms with Crippen molar-refractivity contribution < 1.29 is 18.4 Å². The van der Waals surface area contributed by atoms with Crippen molar-refractivity contribution in [3.63, 3.8) is 0 Å². The number of hydrogen-bond acceptors (Lipinski definition) is 6. The predicted molar refractivity (Wildman–Crippen MR) is 143 cm³/mol. The summed E-state index contributed by atoms with van der Waals surface area (Å²) in [6, 6.07) is 19.6. The van der Waals surface area contributed by atoms with Crippen LogP contribution in [-0.4, -0.2) is 17.0 Å². The number of para-hydroxylation sites is 1. The van der Waals surface area contributed by atoms with Gasteiger partial charge in [0, 0.05) is 5.39 Å². The van der Waals surface area contributed by atoms with Gasteiger partial charge in [-0.1, -0.05) is 42.5 Å². The number of aryl methyl sites for hydroxylation is 1. The average Bonchev–Trinajstić information content (AvgIpc) is 3.19. The lowest BCUT2D eigenvalue weighted by molar-refractivity contribution is -0.113. The van der Waals surface area contributed by atoms with Gasteiger partial charge in [0.25, 0.3) is 11.8 Å². The van der Waals surface area contributed by atoms with Crippen LogP contribution in [0.15, 0.2) is 92.0 Å². The van der Waals surface area contributed by atoms with Crippen LogP contribution in [-0.2, 0) is 4.79 Å². The van der Waals surface area contributed by atoms with Gasteiger partial charge in [-0.25, -0.2) is 14.6 Å². The van der Waals surface area contributed by atoms with E-state index in [4.69, 9.17) is 4.42 Å². The SMILES string of the molecule is Cc1cccc(N2C(=O)/C(=C/c3ccc(F)cc3)S/C2=N\NC(=O)c2cc3ccccc3oc2=O)c1C. The van der Waals surface area contributed by atoms with Crippen molar-refractivity contribution in [2.24, 2.45) is 5.10 Å². The molecule has 0 saturated carbocycles. The summed E-state index contributed by atoms with van der Waals surface area (Å²) in [4.78, 5) is 40.5. The number of rotatable bonds is 4. The summed E-state index contributed by atoms with van der Waals surface area (Å²) in [6.07, 6.45) is 1.63. The van der Waals surface area contributed by atoms with Crippen molar-refractivity contribution in [3.8, 4) is 0 Å². The number of fused-ring (bicyclic) bond motifs is 1. The summed E-state index contributed by atoms with van der Waals surface area (Å²) in [6.45, 7) is 3.82. The molecule has 1 aliphatic rings. The highest BCUT2D eigenvalue weighted by Crippen LogP contribution is 2.37. The lowest BCUT2D eigenvalue weighted by atomic mass is 10.1. The number of benzene rings is 3. The Balaban J connectivity index is 1.52. The Labute approximate surface area is 215 Å². The Hall–Kier alpha value is -4.50. The molecule has 1 aromatic heterocycles. The van der Waals surface area contributed by atoms with E-state index >= 15 is 0 Å². The molecule has 9 heteroatoms. The third kappa shape index (κ3) is 4.81. The van der Waals surface area contributed by atoms with Crippen molar-refractivity contribution in [1.29, 1.82) is 0 Å². The van der Waals surface area contributed by atoms with Crippen LogP contribution >= 0.6 is 11.8 Å². The second-order valence-corrected chi connectivity index (χ2v) is 9.35. The topological polar surface area (TPSA) is 92.0 Å². The predicted octanol–water partition coefficient (Wildman–Crippen LogP) is 5.37. The summed E-state index contributed by atoms with van der Waals surface area (Å²) in [5.74, 6) is -1.49. The molecule has 184 valence electrons. The van der Waals surface area contributed by atoms with E-state index in [-0.39, 0.29) is 22.5 Å². The summed E-state index contributed by atoms with van der Waals surface area (Å²) < 4.78 is 18.6. The number of amidine groups is 1. The number of nitrogens with zero attached hydrogens (tertiary/aromatic N) is 2. The molecule has 5 rings (SSSR count). The zero-order valence-corrected chi connectivity index (χ0v) is 20.6. The Kier molecular flexibility index (Phi) is 6.45. The van der Waals surface area contributed by atoms with Crippen molar-refractivity contribution >= 4 is 51.5 Å². The smallest absolute Gasteiger partial charge is 0.349 e. The fourth-order valence-corrected chi connectivity index (χ4v) is 4.76. The molecule has 1 aliphatic heterocycles. The number of anilines is 1. The van der Waals surface area contributed by atoms with E-state index in [1.165, 1.54) is 23.1 Å². The molecule has 1 saturated heterocycles. The fourth-order valence-electron chi connectivity index (χ4n) is 3.83. The first-order chi connectivity index (χ1) is 17.8. The van der Waals surface area contributed by atoms with E-state index in [1.54, 1.807) is 48.5 Å². The molecule has 37 heavy (non-hydrogen) atoms. The number of hydrogen-bond donors (Lipinski definition) is 1. The quantitative estimate of drug-likeness (QED) is 0.225. The molecule has 7 nitrogen and oxygen atoms in total. The van der Waals surface area contributed by atoms with E-state index < -0.39 is 11.5 Å². The van der Waals surface area contributed by atoms with Crippen molar-refractivity contribution in [2.45, 2.75) is 13.8 Å². The zero-order valence-electron chi connectivity index (χ0n) is 19.8. The molecule has 2 amide bonds. The van der Waals surface area contributed by atoms with E-state index in [0.29, 0.717) is 27.1 Å². The Bertz CT molecular complexity index is 1680. The van der Waals surface area contributed by atoms with Crippen LogP contribution in [0.4, 0.5) is 10.1 Å². The first kappa shape index (κ1) is 24.2. The second kappa shape index (κ2) is 9.87. The van der Waals surface area contributed by atoms with Gasteiger partial charge in [0.2, 0.25) is 0 Å². The van der Waals surface area contributed by atoms with Gasteiger partial charge in [-0.3, -0.25) is 14.5 Å². The monoisotopic (exact) mass is 513 g/mol. The van der Waals surface area contributed by atoms with Gasteiger partial charge >= 0.3 is 5.63 Å². The molecule has 0 radical (unpaired) electrons. The van der Waals surface area contributed by atoms with Gasteiger partial charge in [0.05, 0.1) is 10.6 Å². The number of carbonyl (C=O) groups excluding carboxylic acids is 2. The van der Waals surface area contributed by atoms with E-state index in [2.05, 4.69) is 10.5 Å². The van der Waals surface area contributed by atoms with Gasteiger partial charge < -0.3 is 4.42 Å². The zero-order chi connectivity index (χ0) is 26.1. The van der Waals surface area contributed by atoms with Crippen LogP contribution in [0.3, 0.4) is 0 Å². The molecule has 0 aliphatic carbocycles. The summed E-state index contributed by atoms with van der Waals surface area (Å²) in [7, 11) is 0. The molecule has 0 unspecified atom stereocenters. The first-order valence-electron chi connectivity index (χ1n) is 11.3. The lowest BCUT2D eigenvalue weighted by Gasteiger charge is -2.19. The summed E-state index contributed by atoms with van der Waals surface area (Å²) >= 11 is 1.06. The highest BCUT2D eigenvalue weighted by atomic mass is 32.2. The van der Waals surface area contributed by atoms with Crippen LogP contribution in [0.2, 0.25) is 0 Å². The lowest BCUT2D eigenvalue weighted by Crippen LogP contribution is -2.32. The van der Waals surface area contributed by atoms with Crippen LogP contribution < -0.4 is 16.0 Å². The van der Waals surface area contributed by atoms with Crippen LogP contribution in [0.1, 0.15) is 27.0 Å². The molecule has 1 fully saturated rings. The van der Waals surface area contributed by atoms with Gasteiger partial charge in [-0.2, -0.15) is 0 Å². The van der Waals surface area contributed by atoms with Crippen molar-refractivity contribution in [3.05, 3.63) is 116 Å². The number of hydrazone groups is 1. The number of halogens is 1. The molecule has 0 atom stereocenters. The molecule has 1 N–H and O–H groups in total. The standard InChI is InChI=1S/C28H20FN3O4S/c1-16-6-5-8-22(17(16)2)32-26(34)24(14-18-10-12-20(29)13-11-18)37-28(32)31-30-25(33)21-15-19-7-3-4-9-23(19)36-27(21)35/h3-15H,1-2H3,(H,30,33)/b24-14-,31-28-. The molecule has 3 aromatic carbocycles. The third-order valence-corrected chi connectivity index (χ3v) is 6.90. The molecule has 2 heterocycles. The highest BCUT2D eigenvalue weighted by Gasteiger charge is 2.36. The molecule has 0 spiro atoms. The van der Waals surface area contributed by atoms with Crippen LogP contribution in [0.5, 0.6) is 0 Å². The molecule has 0 bridgehead atoms. The van der Waals surface area contributed by atoms with Crippen LogP contribution in [0, 0.1) is 19.7 Å². The highest BCUT2D eigenvalue weighted by molar-refractivity contribution is 8.19. The van der Waals surface area contributed by atoms with Gasteiger partial charge in [0.1, 0.15) is 17.0 Å². The largest absolute Gasteiger partial charge is 0.422 e. The first-order valence-corrected chi connectivity index (χ1v) is 12.1. The van der Waals surface area contributed by atoms with Crippen molar-refractivity contribution in [1.82, 2.24) is 5.43 Å². The average molecular weight is 514 g/mol. The summed E-state index contributed by atoms with van der Waals surface area (Å²) in [5.41, 5.74) is 4.84. The molecular formula is C28H20FN3O4S. The number of carbonyl (C=O) groups is 2. The maximum absolute atomic E-state index is 13.5. The van der Waals surface area contributed by atoms with Gasteiger partial charge in [0.15, 0.2) is 5.17 Å². The number of nitrogens with one attached hydrogen (secondary N) is 1. The van der Waals surface area contributed by atoms with E-state index in [0.717, 1.165) is 22.9 Å². The minimum atomic E-state index is -0.796. The minimum Gasteiger partial charge on any atom is -0.422 e. The second-order valence-electron chi connectivity index (χ2n) is 8.34. The maximum atomic E-state index is 13.5. The van der Waals surface area contributed by atoms with E-state index in [1.807, 2.05) is 26.0 Å². The van der Waals surface area contributed by atoms with Gasteiger partial charge in [-0.05, 0) is 78.7 Å². The third-order valence-electron chi connectivity index (χ3n) is 5.93. The molecular weight excluding hydrogens is 493 g/mol. The minimum absolute atomic E-state index is 0.200. The molecule has 4 aromatic rings. The maximum Gasteiger partial charge on any atom is 0.349 e. The van der Waals surface area contributed by atoms with Gasteiger partial charge in [-0.15, -0.1) is 5.10 Å². The van der Waals surface area contributed by atoms with Crippen molar-refractivity contribution in [2.75, 3.05) is 4.90 Å². The summed E-state index contributed by atoms with van der Waals surface area (Å²) in [5, 5.41) is 5.00.